The van der Waals surface area contributed by atoms with Crippen LogP contribution in [0.2, 0.25) is 0 Å². The van der Waals surface area contributed by atoms with Crippen molar-refractivity contribution in [2.24, 2.45) is 5.92 Å². The van der Waals surface area contributed by atoms with Crippen LogP contribution in [-0.4, -0.2) is 50.5 Å². The summed E-state index contributed by atoms with van der Waals surface area (Å²) in [5.41, 5.74) is 0.385. The van der Waals surface area contributed by atoms with Crippen molar-refractivity contribution in [3.8, 4) is 0 Å². The van der Waals surface area contributed by atoms with Gasteiger partial charge in [-0.2, -0.15) is 13.2 Å². The molecule has 0 heterocycles. The van der Waals surface area contributed by atoms with Gasteiger partial charge < -0.3 is 10.2 Å². The van der Waals surface area contributed by atoms with E-state index >= 15 is 0 Å². The van der Waals surface area contributed by atoms with Crippen LogP contribution in [0.5, 0.6) is 0 Å². The van der Waals surface area contributed by atoms with Crippen LogP contribution in [0, 0.1) is 12.8 Å². The fraction of sp³-hybridized carbons (Fsp3) is 0.462. The molecule has 1 unspecified atom stereocenters. The molecule has 2 aromatic carbocycles. The first kappa shape index (κ1) is 30.1. The van der Waals surface area contributed by atoms with Crippen LogP contribution in [0.15, 0.2) is 48.5 Å². The second-order valence-corrected chi connectivity index (χ2v) is 11.3. The maximum absolute atomic E-state index is 13.6. The number of carbonyl (C=O) groups excluding carboxylic acids is 2. The molecule has 0 saturated heterocycles. The summed E-state index contributed by atoms with van der Waals surface area (Å²) < 4.78 is 65.6. The van der Waals surface area contributed by atoms with Crippen molar-refractivity contribution >= 4 is 27.5 Å². The summed E-state index contributed by atoms with van der Waals surface area (Å²) in [5, 5.41) is 2.81. The monoisotopic (exact) mass is 541 g/mol. The maximum atomic E-state index is 13.6. The van der Waals surface area contributed by atoms with E-state index in [1.54, 1.807) is 19.1 Å². The number of rotatable bonds is 11. The molecule has 0 radical (unpaired) electrons. The SMILES string of the molecule is CCC(C(=O)NCC(C)C)N(Cc1ccc(C)cc1)C(=O)CN(c1cccc(C(F)(F)F)c1)S(C)(=O)=O. The van der Waals surface area contributed by atoms with Crippen LogP contribution < -0.4 is 9.62 Å². The standard InChI is InChI=1S/C26H34F3N3O4S/c1-6-23(25(34)30-15-18(2)3)31(16-20-12-10-19(4)11-13-20)24(33)17-32(37(5,35)36)22-9-7-8-21(14-22)26(27,28)29/h7-14,18,23H,6,15-17H2,1-5H3,(H,30,34). The molecule has 2 rings (SSSR count). The van der Waals surface area contributed by atoms with E-state index in [9.17, 15) is 31.2 Å². The van der Waals surface area contributed by atoms with Gasteiger partial charge in [-0.3, -0.25) is 13.9 Å². The average Bonchev–Trinajstić information content (AvgIpc) is 2.81. The molecule has 2 aromatic rings. The molecule has 2 amide bonds. The van der Waals surface area contributed by atoms with Gasteiger partial charge >= 0.3 is 6.18 Å². The number of benzene rings is 2. The Labute approximate surface area is 216 Å². The van der Waals surface area contributed by atoms with E-state index in [0.29, 0.717) is 16.9 Å². The topological polar surface area (TPSA) is 86.8 Å². The molecule has 11 heteroatoms. The van der Waals surface area contributed by atoms with Gasteiger partial charge in [0.2, 0.25) is 21.8 Å². The van der Waals surface area contributed by atoms with Gasteiger partial charge in [-0.05, 0) is 43.0 Å². The summed E-state index contributed by atoms with van der Waals surface area (Å²) in [5.74, 6) is -0.930. The Bertz CT molecular complexity index is 1180. The number of aryl methyl sites for hydroxylation is 1. The highest BCUT2D eigenvalue weighted by Crippen LogP contribution is 2.32. The number of hydrogen-bond donors (Lipinski definition) is 1. The van der Waals surface area contributed by atoms with Crippen molar-refractivity contribution in [3.63, 3.8) is 0 Å². The molecule has 0 bridgehead atoms. The van der Waals surface area contributed by atoms with Crippen molar-refractivity contribution in [1.82, 2.24) is 10.2 Å². The Morgan fingerprint density at radius 1 is 1.05 bits per heavy atom. The minimum absolute atomic E-state index is 0.0207. The minimum atomic E-state index is -4.69. The van der Waals surface area contributed by atoms with Gasteiger partial charge in [0.25, 0.3) is 0 Å². The molecule has 0 aliphatic rings. The Kier molecular flexibility index (Phi) is 10.1. The van der Waals surface area contributed by atoms with Gasteiger partial charge in [0, 0.05) is 13.1 Å². The molecule has 0 fully saturated rings. The van der Waals surface area contributed by atoms with Gasteiger partial charge in [0.15, 0.2) is 0 Å². The van der Waals surface area contributed by atoms with Gasteiger partial charge in [-0.25, -0.2) is 8.42 Å². The lowest BCUT2D eigenvalue weighted by Gasteiger charge is -2.33. The zero-order chi connectivity index (χ0) is 28.0. The Balaban J connectivity index is 2.46. The highest BCUT2D eigenvalue weighted by Gasteiger charge is 2.34. The first-order valence-electron chi connectivity index (χ1n) is 11.9. The number of anilines is 1. The Morgan fingerprint density at radius 2 is 1.68 bits per heavy atom. The van der Waals surface area contributed by atoms with Crippen molar-refractivity contribution in [2.45, 2.75) is 52.9 Å². The normalized spacial score (nSPS) is 12.8. The molecule has 0 aromatic heterocycles. The number of hydrogen-bond acceptors (Lipinski definition) is 4. The fourth-order valence-electron chi connectivity index (χ4n) is 3.68. The third kappa shape index (κ3) is 8.77. The lowest BCUT2D eigenvalue weighted by atomic mass is 10.1. The number of halogens is 3. The molecular weight excluding hydrogens is 507 g/mol. The van der Waals surface area contributed by atoms with E-state index in [-0.39, 0.29) is 30.5 Å². The molecule has 1 N–H and O–H groups in total. The van der Waals surface area contributed by atoms with Crippen LogP contribution in [-0.2, 0) is 32.3 Å². The smallest absolute Gasteiger partial charge is 0.354 e. The van der Waals surface area contributed by atoms with Crippen LogP contribution in [0.3, 0.4) is 0 Å². The second kappa shape index (κ2) is 12.4. The number of sulfonamides is 1. The van der Waals surface area contributed by atoms with Crippen molar-refractivity contribution < 1.29 is 31.2 Å². The third-order valence-electron chi connectivity index (χ3n) is 5.68. The molecule has 204 valence electrons. The highest BCUT2D eigenvalue weighted by molar-refractivity contribution is 7.92. The number of nitrogens with zero attached hydrogens (tertiary/aromatic N) is 2. The minimum Gasteiger partial charge on any atom is -0.354 e. The van der Waals surface area contributed by atoms with Gasteiger partial charge in [-0.1, -0.05) is 56.7 Å². The number of amides is 2. The lowest BCUT2D eigenvalue weighted by molar-refractivity contribution is -0.140. The number of carbonyl (C=O) groups is 2. The molecule has 1 atom stereocenters. The van der Waals surface area contributed by atoms with Crippen molar-refractivity contribution in [3.05, 3.63) is 65.2 Å². The van der Waals surface area contributed by atoms with E-state index < -0.39 is 40.3 Å². The molecule has 0 aliphatic carbocycles. The zero-order valence-electron chi connectivity index (χ0n) is 21.7. The summed E-state index contributed by atoms with van der Waals surface area (Å²) in [4.78, 5) is 27.9. The first-order chi connectivity index (χ1) is 17.1. The summed E-state index contributed by atoms with van der Waals surface area (Å²) in [6, 6.07) is 10.2. The molecule has 0 saturated carbocycles. The quantitative estimate of drug-likeness (QED) is 0.458. The Hall–Kier alpha value is -3.08. The van der Waals surface area contributed by atoms with Crippen LogP contribution in [0.25, 0.3) is 0 Å². The largest absolute Gasteiger partial charge is 0.416 e. The summed E-state index contributed by atoms with van der Waals surface area (Å²) in [6.07, 6.45) is -3.62. The number of alkyl halides is 3. The maximum Gasteiger partial charge on any atom is 0.416 e. The summed E-state index contributed by atoms with van der Waals surface area (Å²) in [7, 11) is -4.14. The second-order valence-electron chi connectivity index (χ2n) is 9.39. The number of nitrogens with one attached hydrogen (secondary N) is 1. The van der Waals surface area contributed by atoms with E-state index in [1.165, 1.54) is 11.0 Å². The highest BCUT2D eigenvalue weighted by atomic mass is 32.2. The van der Waals surface area contributed by atoms with Gasteiger partial charge in [0.1, 0.15) is 12.6 Å². The van der Waals surface area contributed by atoms with Crippen LogP contribution >= 0.6 is 0 Å². The first-order valence-corrected chi connectivity index (χ1v) is 13.8. The van der Waals surface area contributed by atoms with E-state index in [0.717, 1.165) is 29.5 Å². The third-order valence-corrected chi connectivity index (χ3v) is 6.83. The van der Waals surface area contributed by atoms with Gasteiger partial charge in [-0.15, -0.1) is 0 Å². The predicted octanol–water partition coefficient (Wildman–Crippen LogP) is 4.36. The van der Waals surface area contributed by atoms with Crippen molar-refractivity contribution in [2.75, 3.05) is 23.7 Å². The van der Waals surface area contributed by atoms with E-state index in [4.69, 9.17) is 0 Å². The van der Waals surface area contributed by atoms with Crippen LogP contribution in [0.4, 0.5) is 18.9 Å². The molecular formula is C26H34F3N3O4S. The van der Waals surface area contributed by atoms with Gasteiger partial charge in [0.05, 0.1) is 17.5 Å². The van der Waals surface area contributed by atoms with Crippen LogP contribution in [0.1, 0.15) is 43.9 Å². The molecule has 37 heavy (non-hydrogen) atoms. The molecule has 7 nitrogen and oxygen atoms in total. The zero-order valence-corrected chi connectivity index (χ0v) is 22.5. The van der Waals surface area contributed by atoms with E-state index in [2.05, 4.69) is 5.32 Å². The molecule has 0 aliphatic heterocycles. The molecule has 0 spiro atoms. The van der Waals surface area contributed by atoms with Crippen molar-refractivity contribution in [1.29, 1.82) is 0 Å². The lowest BCUT2D eigenvalue weighted by Crippen LogP contribution is -2.52. The van der Waals surface area contributed by atoms with E-state index in [1.807, 2.05) is 32.9 Å². The Morgan fingerprint density at radius 3 is 2.19 bits per heavy atom. The average molecular weight is 542 g/mol. The predicted molar refractivity (Wildman–Crippen MR) is 137 cm³/mol. The summed E-state index contributed by atoms with van der Waals surface area (Å²) in [6.45, 7) is 7.13. The fourth-order valence-corrected chi connectivity index (χ4v) is 4.52. The summed E-state index contributed by atoms with van der Waals surface area (Å²) >= 11 is 0.